The van der Waals surface area contributed by atoms with Crippen molar-refractivity contribution in [2.24, 2.45) is 0 Å². The lowest BCUT2D eigenvalue weighted by atomic mass is 10.0. The molecule has 0 radical (unpaired) electrons. The predicted molar refractivity (Wildman–Crippen MR) is 261 cm³/mol. The molecule has 0 aromatic rings. The molecule has 0 rings (SSSR count). The summed E-state index contributed by atoms with van der Waals surface area (Å²) in [6.07, 6.45) is 59.6. The van der Waals surface area contributed by atoms with Gasteiger partial charge in [0.25, 0.3) is 0 Å². The summed E-state index contributed by atoms with van der Waals surface area (Å²) < 4.78 is 16.7. The zero-order valence-electron chi connectivity index (χ0n) is 40.4. The molecule has 0 fully saturated rings. The summed E-state index contributed by atoms with van der Waals surface area (Å²) in [5.74, 6) is -0.872. The van der Waals surface area contributed by atoms with E-state index in [2.05, 4.69) is 69.4 Å². The van der Waals surface area contributed by atoms with Gasteiger partial charge >= 0.3 is 17.9 Å². The number of rotatable bonds is 47. The number of allylic oxidation sites excluding steroid dienone is 8. The fourth-order valence-electron chi connectivity index (χ4n) is 7.43. The van der Waals surface area contributed by atoms with Crippen LogP contribution in [0.1, 0.15) is 265 Å². The minimum Gasteiger partial charge on any atom is -0.462 e. The first-order valence-electron chi connectivity index (χ1n) is 26.1. The fraction of sp³-hybridized carbons (Fsp3) is 0.800. The van der Waals surface area contributed by atoms with E-state index in [1.807, 2.05) is 0 Å². The quantitative estimate of drug-likeness (QED) is 0.0263. The Labute approximate surface area is 378 Å². The zero-order chi connectivity index (χ0) is 44.4. The smallest absolute Gasteiger partial charge is 0.306 e. The SMILES string of the molecule is CC/C=C\C/C=C\C/C=C\C/C=C\CCCCCCCCCCCCC(=O)OCC(COC(=O)CCCCCCCCCC)OC(=O)CCCCCCCCCCCCCC. The molecule has 0 spiro atoms. The van der Waals surface area contributed by atoms with Crippen LogP contribution in [0.25, 0.3) is 0 Å². The Balaban J connectivity index is 4.19. The summed E-state index contributed by atoms with van der Waals surface area (Å²) in [7, 11) is 0. The van der Waals surface area contributed by atoms with E-state index in [4.69, 9.17) is 14.2 Å². The summed E-state index contributed by atoms with van der Waals surface area (Å²) >= 11 is 0. The number of ether oxygens (including phenoxy) is 3. The molecule has 0 aromatic carbocycles. The minimum absolute atomic E-state index is 0.0708. The molecule has 0 amide bonds. The van der Waals surface area contributed by atoms with Crippen LogP contribution in [-0.4, -0.2) is 37.2 Å². The largest absolute Gasteiger partial charge is 0.462 e. The van der Waals surface area contributed by atoms with Crippen molar-refractivity contribution in [3.8, 4) is 0 Å². The maximum absolute atomic E-state index is 12.7. The lowest BCUT2D eigenvalue weighted by molar-refractivity contribution is -0.167. The second-order valence-electron chi connectivity index (χ2n) is 17.4. The van der Waals surface area contributed by atoms with Crippen molar-refractivity contribution in [3.05, 3.63) is 48.6 Å². The number of esters is 3. The zero-order valence-corrected chi connectivity index (χ0v) is 40.4. The molecule has 0 saturated heterocycles. The first kappa shape index (κ1) is 58.4. The van der Waals surface area contributed by atoms with Gasteiger partial charge in [0.2, 0.25) is 0 Å². The number of unbranched alkanes of at least 4 members (excludes halogenated alkanes) is 28. The topological polar surface area (TPSA) is 78.9 Å². The Bertz CT molecular complexity index is 1070. The van der Waals surface area contributed by atoms with Crippen molar-refractivity contribution >= 4 is 17.9 Å². The summed E-state index contributed by atoms with van der Waals surface area (Å²) in [4.78, 5) is 37.8. The highest BCUT2D eigenvalue weighted by Crippen LogP contribution is 2.16. The molecule has 1 unspecified atom stereocenters. The Hall–Kier alpha value is -2.63. The van der Waals surface area contributed by atoms with Crippen LogP contribution in [0.3, 0.4) is 0 Å². The van der Waals surface area contributed by atoms with Gasteiger partial charge < -0.3 is 14.2 Å². The monoisotopic (exact) mass is 855 g/mol. The van der Waals surface area contributed by atoms with E-state index in [-0.39, 0.29) is 31.1 Å². The maximum atomic E-state index is 12.7. The molecule has 0 bridgehead atoms. The van der Waals surface area contributed by atoms with E-state index >= 15 is 0 Å². The van der Waals surface area contributed by atoms with Gasteiger partial charge in [0.05, 0.1) is 0 Å². The van der Waals surface area contributed by atoms with Crippen LogP contribution < -0.4 is 0 Å². The fourth-order valence-corrected chi connectivity index (χ4v) is 7.43. The molecule has 61 heavy (non-hydrogen) atoms. The maximum Gasteiger partial charge on any atom is 0.306 e. The summed E-state index contributed by atoms with van der Waals surface area (Å²) in [5.41, 5.74) is 0. The van der Waals surface area contributed by atoms with Crippen LogP contribution in [0.2, 0.25) is 0 Å². The Kier molecular flexibility index (Phi) is 47.9. The van der Waals surface area contributed by atoms with Gasteiger partial charge in [-0.15, -0.1) is 0 Å². The molecular weight excluding hydrogens is 757 g/mol. The van der Waals surface area contributed by atoms with Crippen LogP contribution in [0.5, 0.6) is 0 Å². The number of hydrogen-bond acceptors (Lipinski definition) is 6. The molecule has 0 heterocycles. The Morgan fingerprint density at radius 1 is 0.344 bits per heavy atom. The van der Waals surface area contributed by atoms with Gasteiger partial charge in [-0.25, -0.2) is 0 Å². The van der Waals surface area contributed by atoms with Gasteiger partial charge in [-0.1, -0.05) is 236 Å². The summed E-state index contributed by atoms with van der Waals surface area (Å²) in [6.45, 7) is 6.50. The predicted octanol–water partition coefficient (Wildman–Crippen LogP) is 17.1. The molecule has 1 atom stereocenters. The average Bonchev–Trinajstić information content (AvgIpc) is 3.26. The first-order valence-corrected chi connectivity index (χ1v) is 26.1. The molecule has 0 aromatic heterocycles. The Morgan fingerprint density at radius 3 is 1.00 bits per heavy atom. The first-order chi connectivity index (χ1) is 30.0. The van der Waals surface area contributed by atoms with Gasteiger partial charge in [-0.05, 0) is 57.8 Å². The lowest BCUT2D eigenvalue weighted by Crippen LogP contribution is -2.30. The molecule has 0 aliphatic heterocycles. The van der Waals surface area contributed by atoms with Gasteiger partial charge in [0.1, 0.15) is 13.2 Å². The van der Waals surface area contributed by atoms with Crippen LogP contribution >= 0.6 is 0 Å². The average molecular weight is 855 g/mol. The number of carbonyl (C=O) groups is 3. The van der Waals surface area contributed by atoms with E-state index in [1.165, 1.54) is 141 Å². The van der Waals surface area contributed by atoms with E-state index in [0.29, 0.717) is 19.3 Å². The molecule has 354 valence electrons. The van der Waals surface area contributed by atoms with Crippen molar-refractivity contribution in [1.29, 1.82) is 0 Å². The third-order valence-electron chi connectivity index (χ3n) is 11.3. The van der Waals surface area contributed by atoms with Crippen molar-refractivity contribution < 1.29 is 28.6 Å². The molecule has 6 heteroatoms. The van der Waals surface area contributed by atoms with Crippen LogP contribution in [0, 0.1) is 0 Å². The van der Waals surface area contributed by atoms with Crippen LogP contribution in [0.4, 0.5) is 0 Å². The molecular formula is C55H98O6. The van der Waals surface area contributed by atoms with Gasteiger partial charge in [0.15, 0.2) is 6.10 Å². The van der Waals surface area contributed by atoms with Crippen molar-refractivity contribution in [3.63, 3.8) is 0 Å². The minimum atomic E-state index is -0.768. The molecule has 0 saturated carbocycles. The highest BCUT2D eigenvalue weighted by molar-refractivity contribution is 5.71. The number of carbonyl (C=O) groups excluding carboxylic acids is 3. The molecule has 0 aliphatic carbocycles. The van der Waals surface area contributed by atoms with Crippen molar-refractivity contribution in [2.75, 3.05) is 13.2 Å². The van der Waals surface area contributed by atoms with E-state index in [9.17, 15) is 14.4 Å². The van der Waals surface area contributed by atoms with Crippen LogP contribution in [-0.2, 0) is 28.6 Å². The third kappa shape index (κ3) is 48.3. The van der Waals surface area contributed by atoms with E-state index < -0.39 is 6.10 Å². The highest BCUT2D eigenvalue weighted by Gasteiger charge is 2.19. The standard InChI is InChI=1S/C55H98O6/c1-4-7-10-13-16-19-21-23-24-25-26-27-28-29-30-31-32-33-35-36-39-42-45-48-54(57)60-51-52(50-59-53(56)47-44-41-38-18-15-12-9-6-3)61-55(58)49-46-43-40-37-34-22-20-17-14-11-8-5-2/h7,10,16,19,23-24,26-27,52H,4-6,8-9,11-15,17-18,20-22,25,28-51H2,1-3H3/b10-7-,19-16-,24-23-,27-26-. The number of hydrogen-bond donors (Lipinski definition) is 0. The highest BCUT2D eigenvalue weighted by atomic mass is 16.6. The van der Waals surface area contributed by atoms with Gasteiger partial charge in [-0.2, -0.15) is 0 Å². The van der Waals surface area contributed by atoms with Crippen molar-refractivity contribution in [2.45, 2.75) is 271 Å². The van der Waals surface area contributed by atoms with Gasteiger partial charge in [-0.3, -0.25) is 14.4 Å². The molecule has 0 N–H and O–H groups in total. The summed E-state index contributed by atoms with van der Waals surface area (Å²) in [6, 6.07) is 0. The second kappa shape index (κ2) is 50.0. The second-order valence-corrected chi connectivity index (χ2v) is 17.4. The molecule has 0 aliphatic rings. The van der Waals surface area contributed by atoms with E-state index in [0.717, 1.165) is 83.5 Å². The van der Waals surface area contributed by atoms with E-state index in [1.54, 1.807) is 0 Å². The normalized spacial score (nSPS) is 12.4. The summed E-state index contributed by atoms with van der Waals surface area (Å²) in [5, 5.41) is 0. The van der Waals surface area contributed by atoms with Crippen molar-refractivity contribution in [1.82, 2.24) is 0 Å². The molecule has 6 nitrogen and oxygen atoms in total. The van der Waals surface area contributed by atoms with Gasteiger partial charge in [0, 0.05) is 19.3 Å². The lowest BCUT2D eigenvalue weighted by Gasteiger charge is -2.18. The third-order valence-corrected chi connectivity index (χ3v) is 11.3. The Morgan fingerprint density at radius 2 is 0.639 bits per heavy atom. The van der Waals surface area contributed by atoms with Crippen LogP contribution in [0.15, 0.2) is 48.6 Å².